The zero-order valence-corrected chi connectivity index (χ0v) is 12.4. The van der Waals surface area contributed by atoms with Crippen molar-refractivity contribution in [3.63, 3.8) is 0 Å². The van der Waals surface area contributed by atoms with E-state index in [4.69, 9.17) is 0 Å². The maximum Gasteiger partial charge on any atom is -0.00237 e. The van der Waals surface area contributed by atoms with Crippen molar-refractivity contribution in [2.75, 3.05) is 6.26 Å². The molecule has 0 atom stereocenters. The van der Waals surface area contributed by atoms with Crippen LogP contribution in [0.1, 0.15) is 66.7 Å². The Morgan fingerprint density at radius 1 is 0.867 bits per heavy atom. The fourth-order valence-corrected chi connectivity index (χ4v) is 7.96. The summed E-state index contributed by atoms with van der Waals surface area (Å²) in [5.41, 5.74) is 0. The van der Waals surface area contributed by atoms with Crippen molar-refractivity contribution in [3.8, 4) is 0 Å². The summed E-state index contributed by atoms with van der Waals surface area (Å²) in [6, 6.07) is 0. The smallest absolute Gasteiger partial charge is 0.00237 e. The Bertz CT molecular complexity index is 191. The normalized spacial score (nSPS) is 23.5. The molecule has 0 aromatic carbocycles. The van der Waals surface area contributed by atoms with Crippen molar-refractivity contribution in [1.82, 2.24) is 0 Å². The molecule has 1 aliphatic carbocycles. The zero-order valence-electron chi connectivity index (χ0n) is 11.6. The van der Waals surface area contributed by atoms with E-state index in [1.807, 2.05) is 0 Å². The Hall–Kier alpha value is 0.350. The Kier molecular flexibility index (Phi) is 4.20. The minimum atomic E-state index is -0.474. The van der Waals surface area contributed by atoms with Crippen LogP contribution >= 0.6 is 10.0 Å². The van der Waals surface area contributed by atoms with E-state index in [-0.39, 0.29) is 0 Å². The minimum Gasteiger partial charge on any atom is -0.234 e. The SMILES string of the molecule is CC(C)S(C)(C(C)C)C1(C)CCCCC1. The fraction of sp³-hybridized carbons (Fsp3) is 1.00. The highest BCUT2D eigenvalue weighted by Gasteiger charge is 2.44. The molecule has 1 rings (SSSR count). The molecule has 15 heavy (non-hydrogen) atoms. The molecular formula is C14H30S. The molecule has 0 aromatic heterocycles. The molecule has 0 heterocycles. The fourth-order valence-electron chi connectivity index (χ4n) is 3.42. The number of hydrogen-bond acceptors (Lipinski definition) is 0. The van der Waals surface area contributed by atoms with Gasteiger partial charge in [0.05, 0.1) is 0 Å². The van der Waals surface area contributed by atoms with E-state index in [0.29, 0.717) is 4.75 Å². The monoisotopic (exact) mass is 230 g/mol. The second-order valence-corrected chi connectivity index (χ2v) is 11.1. The van der Waals surface area contributed by atoms with Crippen LogP contribution in [0.4, 0.5) is 0 Å². The first-order valence-corrected chi connectivity index (χ1v) is 8.77. The third-order valence-electron chi connectivity index (χ3n) is 4.93. The average molecular weight is 230 g/mol. The van der Waals surface area contributed by atoms with E-state index in [1.54, 1.807) is 0 Å². The van der Waals surface area contributed by atoms with Crippen LogP contribution in [0.2, 0.25) is 0 Å². The van der Waals surface area contributed by atoms with Gasteiger partial charge in [0.1, 0.15) is 0 Å². The first-order chi connectivity index (χ1) is 6.84. The summed E-state index contributed by atoms with van der Waals surface area (Å²) in [4.78, 5) is 0. The maximum absolute atomic E-state index is 2.62. The summed E-state index contributed by atoms with van der Waals surface area (Å²) >= 11 is 0. The number of hydrogen-bond donors (Lipinski definition) is 0. The molecule has 0 bridgehead atoms. The van der Waals surface area contributed by atoms with Crippen molar-refractivity contribution in [3.05, 3.63) is 0 Å². The third kappa shape index (κ3) is 2.23. The lowest BCUT2D eigenvalue weighted by Gasteiger charge is -2.59. The molecule has 1 saturated carbocycles. The summed E-state index contributed by atoms with van der Waals surface area (Å²) in [7, 11) is -0.474. The molecule has 0 radical (unpaired) electrons. The highest BCUT2D eigenvalue weighted by atomic mass is 32.3. The molecule has 0 aliphatic heterocycles. The van der Waals surface area contributed by atoms with Gasteiger partial charge in [-0.2, -0.15) is 0 Å². The van der Waals surface area contributed by atoms with Gasteiger partial charge in [-0.3, -0.25) is 0 Å². The molecule has 0 aromatic rings. The standard InChI is InChI=1S/C14H30S/c1-12(2)15(6,13(3)4)14(5)10-8-7-9-11-14/h12-13H,7-11H2,1-6H3. The molecule has 0 amide bonds. The van der Waals surface area contributed by atoms with Gasteiger partial charge in [-0.1, -0.05) is 53.9 Å². The molecule has 92 valence electrons. The largest absolute Gasteiger partial charge is 0.234 e. The van der Waals surface area contributed by atoms with Gasteiger partial charge in [-0.25, -0.2) is 10.0 Å². The molecular weight excluding hydrogens is 200 g/mol. The van der Waals surface area contributed by atoms with Crippen LogP contribution in [-0.2, 0) is 0 Å². The van der Waals surface area contributed by atoms with Crippen LogP contribution in [0, 0.1) is 0 Å². The Morgan fingerprint density at radius 2 is 1.27 bits per heavy atom. The Morgan fingerprint density at radius 3 is 1.60 bits per heavy atom. The van der Waals surface area contributed by atoms with Gasteiger partial charge in [-0.05, 0) is 34.3 Å². The summed E-state index contributed by atoms with van der Waals surface area (Å²) in [5, 5.41) is 1.75. The van der Waals surface area contributed by atoms with Crippen LogP contribution in [0.25, 0.3) is 0 Å². The second kappa shape index (κ2) is 4.69. The zero-order chi connectivity index (χ0) is 11.7. The first kappa shape index (κ1) is 13.4. The van der Waals surface area contributed by atoms with Crippen molar-refractivity contribution < 1.29 is 0 Å². The van der Waals surface area contributed by atoms with Gasteiger partial charge in [0.15, 0.2) is 0 Å². The highest BCUT2D eigenvalue weighted by molar-refractivity contribution is 8.35. The van der Waals surface area contributed by atoms with Gasteiger partial charge >= 0.3 is 0 Å². The topological polar surface area (TPSA) is 0 Å². The van der Waals surface area contributed by atoms with Crippen LogP contribution in [0.5, 0.6) is 0 Å². The van der Waals surface area contributed by atoms with E-state index in [1.165, 1.54) is 32.1 Å². The molecule has 1 heteroatoms. The van der Waals surface area contributed by atoms with Gasteiger partial charge < -0.3 is 0 Å². The van der Waals surface area contributed by atoms with E-state index >= 15 is 0 Å². The van der Waals surface area contributed by atoms with Gasteiger partial charge in [-0.15, -0.1) is 0 Å². The van der Waals surface area contributed by atoms with Crippen molar-refractivity contribution in [2.45, 2.75) is 82.0 Å². The summed E-state index contributed by atoms with van der Waals surface area (Å²) in [6.07, 6.45) is 10.00. The van der Waals surface area contributed by atoms with Crippen LogP contribution < -0.4 is 0 Å². The lowest BCUT2D eigenvalue weighted by atomic mass is 9.90. The predicted molar refractivity (Wildman–Crippen MR) is 75.3 cm³/mol. The molecule has 0 nitrogen and oxygen atoms in total. The molecule has 1 aliphatic rings. The molecule has 0 spiro atoms. The van der Waals surface area contributed by atoms with Crippen LogP contribution in [-0.4, -0.2) is 21.5 Å². The van der Waals surface area contributed by atoms with Crippen molar-refractivity contribution in [1.29, 1.82) is 0 Å². The second-order valence-electron chi connectivity index (χ2n) is 6.16. The van der Waals surface area contributed by atoms with Crippen LogP contribution in [0.3, 0.4) is 0 Å². The average Bonchev–Trinajstić information content (AvgIpc) is 2.16. The maximum atomic E-state index is 2.62. The molecule has 1 fully saturated rings. The summed E-state index contributed by atoms with van der Waals surface area (Å²) < 4.78 is 0.660. The molecule has 0 saturated heterocycles. The minimum absolute atomic E-state index is 0.474. The lowest BCUT2D eigenvalue weighted by Crippen LogP contribution is -2.42. The van der Waals surface area contributed by atoms with E-state index in [2.05, 4.69) is 40.9 Å². The Labute approximate surface area is 98.5 Å². The first-order valence-electron chi connectivity index (χ1n) is 6.60. The third-order valence-corrected chi connectivity index (χ3v) is 11.4. The molecule has 0 unspecified atom stereocenters. The predicted octanol–water partition coefficient (Wildman–Crippen LogP) is 4.96. The molecule has 0 N–H and O–H groups in total. The van der Waals surface area contributed by atoms with Gasteiger partial charge in [0.2, 0.25) is 0 Å². The lowest BCUT2D eigenvalue weighted by molar-refractivity contribution is 0.413. The summed E-state index contributed by atoms with van der Waals surface area (Å²) in [5.74, 6) is 0. The van der Waals surface area contributed by atoms with E-state index in [0.717, 1.165) is 10.5 Å². The summed E-state index contributed by atoms with van der Waals surface area (Å²) in [6.45, 7) is 12.4. The quantitative estimate of drug-likeness (QED) is 0.643. The van der Waals surface area contributed by atoms with Crippen molar-refractivity contribution in [2.24, 2.45) is 0 Å². The number of rotatable bonds is 3. The van der Waals surface area contributed by atoms with E-state index in [9.17, 15) is 0 Å². The van der Waals surface area contributed by atoms with Gasteiger partial charge in [0.25, 0.3) is 0 Å². The van der Waals surface area contributed by atoms with Crippen molar-refractivity contribution >= 4 is 10.0 Å². The van der Waals surface area contributed by atoms with E-state index < -0.39 is 10.0 Å². The van der Waals surface area contributed by atoms with Gasteiger partial charge in [0, 0.05) is 0 Å². The highest BCUT2D eigenvalue weighted by Crippen LogP contribution is 2.67. The Balaban J connectivity index is 2.96. The van der Waals surface area contributed by atoms with Crippen LogP contribution in [0.15, 0.2) is 0 Å².